The Morgan fingerprint density at radius 2 is 2.11 bits per heavy atom. The minimum absolute atomic E-state index is 0.0550. The Balaban J connectivity index is 1.90. The number of benzene rings is 1. The number of nitrogens with one attached hydrogen (secondary N) is 1. The lowest BCUT2D eigenvalue weighted by Crippen LogP contribution is -2.19. The summed E-state index contributed by atoms with van der Waals surface area (Å²) in [6.07, 6.45) is 2.48. The number of aryl methyl sites for hydroxylation is 1. The maximum absolute atomic E-state index is 13.7. The summed E-state index contributed by atoms with van der Waals surface area (Å²) in [6.45, 7) is 0.792. The molecule has 0 aliphatic rings. The number of rotatable bonds is 5. The molecular formula is C13H14BrF2N3. The molecule has 0 radical (unpaired) electrons. The molecule has 1 N–H and O–H groups in total. The van der Waals surface area contributed by atoms with Crippen LogP contribution in [-0.2, 0) is 20.0 Å². The van der Waals surface area contributed by atoms with E-state index in [1.807, 2.05) is 13.1 Å². The largest absolute Gasteiger partial charge is 0.312 e. The molecule has 1 aromatic carbocycles. The van der Waals surface area contributed by atoms with E-state index in [1.165, 1.54) is 12.1 Å². The summed E-state index contributed by atoms with van der Waals surface area (Å²) in [5, 5.41) is 7.09. The second-order valence-electron chi connectivity index (χ2n) is 4.19. The second-order valence-corrected chi connectivity index (χ2v) is 5.05. The molecule has 0 unspecified atom stereocenters. The normalized spacial score (nSPS) is 10.9. The van der Waals surface area contributed by atoms with Gasteiger partial charge in [0.15, 0.2) is 0 Å². The Labute approximate surface area is 118 Å². The standard InChI is InChI=1S/C13H14BrF2N3/c1-19-9(5-7-18-19)4-6-17-8-10-12(15)3-2-11(14)13(10)16/h2-3,5,7,17H,4,6,8H2,1H3. The van der Waals surface area contributed by atoms with Gasteiger partial charge in [-0.25, -0.2) is 8.78 Å². The molecule has 0 amide bonds. The van der Waals surface area contributed by atoms with E-state index in [2.05, 4.69) is 26.3 Å². The molecule has 0 saturated carbocycles. The first kappa shape index (κ1) is 14.1. The van der Waals surface area contributed by atoms with Gasteiger partial charge in [0, 0.05) is 44.0 Å². The van der Waals surface area contributed by atoms with Gasteiger partial charge in [-0.2, -0.15) is 5.10 Å². The van der Waals surface area contributed by atoms with Gasteiger partial charge in [-0.1, -0.05) is 0 Å². The van der Waals surface area contributed by atoms with Crippen LogP contribution in [0, 0.1) is 11.6 Å². The molecule has 0 fully saturated rings. The highest BCUT2D eigenvalue weighted by Gasteiger charge is 2.11. The molecule has 3 nitrogen and oxygen atoms in total. The predicted molar refractivity (Wildman–Crippen MR) is 72.7 cm³/mol. The van der Waals surface area contributed by atoms with E-state index >= 15 is 0 Å². The van der Waals surface area contributed by atoms with Crippen LogP contribution in [0.5, 0.6) is 0 Å². The molecule has 0 spiro atoms. The minimum Gasteiger partial charge on any atom is -0.312 e. The van der Waals surface area contributed by atoms with Crippen molar-refractivity contribution in [1.29, 1.82) is 0 Å². The molecule has 1 aromatic heterocycles. The second kappa shape index (κ2) is 6.25. The first-order valence-corrected chi connectivity index (χ1v) is 6.69. The number of hydrogen-bond donors (Lipinski definition) is 1. The summed E-state index contributed by atoms with van der Waals surface area (Å²) in [7, 11) is 1.86. The Kier molecular flexibility index (Phi) is 4.66. The monoisotopic (exact) mass is 329 g/mol. The van der Waals surface area contributed by atoms with Crippen LogP contribution in [-0.4, -0.2) is 16.3 Å². The summed E-state index contributed by atoms with van der Waals surface area (Å²) in [6, 6.07) is 4.54. The van der Waals surface area contributed by atoms with Gasteiger partial charge in [-0.05, 0) is 34.1 Å². The lowest BCUT2D eigenvalue weighted by molar-refractivity contribution is 0.530. The number of nitrogens with zero attached hydrogens (tertiary/aromatic N) is 2. The van der Waals surface area contributed by atoms with Crippen LogP contribution < -0.4 is 5.32 Å². The third kappa shape index (κ3) is 3.39. The fraction of sp³-hybridized carbons (Fsp3) is 0.308. The zero-order valence-electron chi connectivity index (χ0n) is 10.5. The zero-order valence-corrected chi connectivity index (χ0v) is 12.0. The van der Waals surface area contributed by atoms with Gasteiger partial charge in [0.05, 0.1) is 4.47 Å². The summed E-state index contributed by atoms with van der Waals surface area (Å²) >= 11 is 3.05. The fourth-order valence-corrected chi connectivity index (χ4v) is 2.18. The molecule has 2 aromatic rings. The highest BCUT2D eigenvalue weighted by atomic mass is 79.9. The van der Waals surface area contributed by atoms with E-state index in [4.69, 9.17) is 0 Å². The van der Waals surface area contributed by atoms with Gasteiger partial charge in [-0.3, -0.25) is 4.68 Å². The van der Waals surface area contributed by atoms with Gasteiger partial charge < -0.3 is 5.32 Å². The summed E-state index contributed by atoms with van der Waals surface area (Å²) in [4.78, 5) is 0. The average Bonchev–Trinajstić information content (AvgIpc) is 2.79. The minimum atomic E-state index is -0.548. The van der Waals surface area contributed by atoms with Crippen LogP contribution in [0.3, 0.4) is 0 Å². The van der Waals surface area contributed by atoms with Crippen molar-refractivity contribution in [2.24, 2.45) is 7.05 Å². The lowest BCUT2D eigenvalue weighted by Gasteiger charge is -2.08. The first-order chi connectivity index (χ1) is 9.09. The van der Waals surface area contributed by atoms with Gasteiger partial charge in [0.25, 0.3) is 0 Å². The van der Waals surface area contributed by atoms with E-state index in [0.29, 0.717) is 6.54 Å². The molecule has 19 heavy (non-hydrogen) atoms. The number of aromatic nitrogens is 2. The van der Waals surface area contributed by atoms with Crippen molar-refractivity contribution in [3.05, 3.63) is 51.8 Å². The molecule has 6 heteroatoms. The molecule has 102 valence electrons. The molecule has 0 saturated heterocycles. The van der Waals surface area contributed by atoms with Crippen molar-refractivity contribution in [2.45, 2.75) is 13.0 Å². The van der Waals surface area contributed by atoms with Gasteiger partial charge in [0.2, 0.25) is 0 Å². The van der Waals surface area contributed by atoms with Crippen LogP contribution in [0.25, 0.3) is 0 Å². The third-order valence-corrected chi connectivity index (χ3v) is 3.53. The topological polar surface area (TPSA) is 29.9 Å². The Bertz CT molecular complexity index is 569. The van der Waals surface area contributed by atoms with E-state index < -0.39 is 11.6 Å². The van der Waals surface area contributed by atoms with Crippen LogP contribution in [0.2, 0.25) is 0 Å². The quantitative estimate of drug-likeness (QED) is 0.675. The average molecular weight is 330 g/mol. The van der Waals surface area contributed by atoms with Gasteiger partial charge in [0.1, 0.15) is 11.6 Å². The molecular weight excluding hydrogens is 316 g/mol. The first-order valence-electron chi connectivity index (χ1n) is 5.89. The van der Waals surface area contributed by atoms with E-state index in [9.17, 15) is 8.78 Å². The van der Waals surface area contributed by atoms with Gasteiger partial charge in [-0.15, -0.1) is 0 Å². The highest BCUT2D eigenvalue weighted by molar-refractivity contribution is 9.10. The maximum Gasteiger partial charge on any atom is 0.144 e. The Morgan fingerprint density at radius 3 is 2.79 bits per heavy atom. The van der Waals surface area contributed by atoms with Crippen LogP contribution in [0.15, 0.2) is 28.9 Å². The fourth-order valence-electron chi connectivity index (χ4n) is 1.81. The van der Waals surface area contributed by atoms with Crippen molar-refractivity contribution in [1.82, 2.24) is 15.1 Å². The van der Waals surface area contributed by atoms with Crippen LogP contribution in [0.4, 0.5) is 8.78 Å². The summed E-state index contributed by atoms with van der Waals surface area (Å²) in [5.74, 6) is -1.08. The van der Waals surface area contributed by atoms with E-state index in [-0.39, 0.29) is 16.6 Å². The number of hydrogen-bond acceptors (Lipinski definition) is 2. The highest BCUT2D eigenvalue weighted by Crippen LogP contribution is 2.21. The van der Waals surface area contributed by atoms with Gasteiger partial charge >= 0.3 is 0 Å². The summed E-state index contributed by atoms with van der Waals surface area (Å²) in [5.41, 5.74) is 1.13. The number of halogens is 3. The third-order valence-electron chi connectivity index (χ3n) is 2.92. The van der Waals surface area contributed by atoms with E-state index in [1.54, 1.807) is 10.9 Å². The van der Waals surface area contributed by atoms with E-state index in [0.717, 1.165) is 12.1 Å². The van der Waals surface area contributed by atoms with Crippen molar-refractivity contribution in [2.75, 3.05) is 6.54 Å². The Hall–Kier alpha value is -1.27. The van der Waals surface area contributed by atoms with Crippen molar-refractivity contribution in [3.8, 4) is 0 Å². The molecule has 0 bridgehead atoms. The molecule has 1 heterocycles. The molecule has 0 aliphatic heterocycles. The SMILES string of the molecule is Cn1nccc1CCNCc1c(F)ccc(Br)c1F. The molecule has 0 aliphatic carbocycles. The molecule has 0 atom stereocenters. The van der Waals surface area contributed by atoms with Crippen molar-refractivity contribution >= 4 is 15.9 Å². The maximum atomic E-state index is 13.7. The zero-order chi connectivity index (χ0) is 13.8. The molecule has 2 rings (SSSR count). The Morgan fingerprint density at radius 1 is 1.32 bits per heavy atom. The van der Waals surface area contributed by atoms with Crippen LogP contribution >= 0.6 is 15.9 Å². The van der Waals surface area contributed by atoms with Crippen molar-refractivity contribution < 1.29 is 8.78 Å². The smallest absolute Gasteiger partial charge is 0.144 e. The van der Waals surface area contributed by atoms with Crippen LogP contribution in [0.1, 0.15) is 11.3 Å². The summed E-state index contributed by atoms with van der Waals surface area (Å²) < 4.78 is 29.2. The lowest BCUT2D eigenvalue weighted by atomic mass is 10.2. The predicted octanol–water partition coefficient (Wildman–Crippen LogP) is 2.79. The van der Waals surface area contributed by atoms with Crippen molar-refractivity contribution in [3.63, 3.8) is 0 Å².